The van der Waals surface area contributed by atoms with Crippen LogP contribution in [0.5, 0.6) is 0 Å². The van der Waals surface area contributed by atoms with Gasteiger partial charge in [0.25, 0.3) is 0 Å². The van der Waals surface area contributed by atoms with Crippen LogP contribution in [0.2, 0.25) is 18.1 Å². The van der Waals surface area contributed by atoms with Crippen molar-refractivity contribution in [3.8, 4) is 11.1 Å². The van der Waals surface area contributed by atoms with Crippen LogP contribution in [0.15, 0.2) is 54.2 Å². The molecule has 0 aliphatic carbocycles. The number of nitrogens with one attached hydrogen (secondary N) is 1. The van der Waals surface area contributed by atoms with Crippen LogP contribution in [-0.2, 0) is 18.5 Å². The zero-order valence-electron chi connectivity index (χ0n) is 24.1. The third kappa shape index (κ3) is 5.49. The molecule has 0 aromatic heterocycles. The summed E-state index contributed by atoms with van der Waals surface area (Å²) in [4.78, 5) is 42.5. The summed E-state index contributed by atoms with van der Waals surface area (Å²) in [5, 5.41) is 0. The maximum atomic E-state index is 13.6. The van der Waals surface area contributed by atoms with E-state index in [1.165, 1.54) is 0 Å². The summed E-state index contributed by atoms with van der Waals surface area (Å²) in [7, 11) is 3.02. The number of amides is 1. The molecule has 10 heteroatoms. The minimum Gasteiger partial charge on any atom is -0.428 e. The molecule has 2 aliphatic heterocycles. The number of ketones is 1. The van der Waals surface area contributed by atoms with Crippen LogP contribution in [0.3, 0.4) is 0 Å². The Balaban J connectivity index is 1.66. The highest BCUT2D eigenvalue weighted by atomic mass is 31.1. The van der Waals surface area contributed by atoms with Crippen molar-refractivity contribution in [2.75, 3.05) is 0 Å². The van der Waals surface area contributed by atoms with E-state index in [9.17, 15) is 14.4 Å². The van der Waals surface area contributed by atoms with Gasteiger partial charge in [0.05, 0.1) is 18.1 Å². The molecule has 1 unspecified atom stereocenters. The van der Waals surface area contributed by atoms with Crippen LogP contribution in [0, 0.1) is 11.8 Å². The molecule has 1 saturated heterocycles. The maximum Gasteiger partial charge on any atom is 0.359 e. The van der Waals surface area contributed by atoms with Gasteiger partial charge < -0.3 is 18.8 Å². The zero-order chi connectivity index (χ0) is 29.2. The van der Waals surface area contributed by atoms with Gasteiger partial charge in [-0.25, -0.2) is 4.79 Å². The number of hydrogen-bond acceptors (Lipinski definition) is 6. The lowest BCUT2D eigenvalue weighted by Gasteiger charge is -2.49. The molecule has 7 nitrogen and oxygen atoms in total. The predicted octanol–water partition coefficient (Wildman–Crippen LogP) is 5.88. The first kappa shape index (κ1) is 30.4. The van der Waals surface area contributed by atoms with Gasteiger partial charge in [0.1, 0.15) is 14.7 Å². The fourth-order valence-corrected chi connectivity index (χ4v) is 9.44. The van der Waals surface area contributed by atoms with Crippen molar-refractivity contribution in [2.24, 2.45) is 11.8 Å². The first-order valence-corrected chi connectivity index (χ1v) is 17.4. The Morgan fingerprint density at radius 1 is 1.00 bits per heavy atom. The van der Waals surface area contributed by atoms with Gasteiger partial charge in [-0.05, 0) is 54.2 Å². The third-order valence-electron chi connectivity index (χ3n) is 8.74. The van der Waals surface area contributed by atoms with Gasteiger partial charge in [0.15, 0.2) is 22.1 Å². The van der Waals surface area contributed by atoms with E-state index in [-0.39, 0.29) is 41.4 Å². The second kappa shape index (κ2) is 12.5. The van der Waals surface area contributed by atoms with Crippen LogP contribution in [0.4, 0.5) is 0 Å². The van der Waals surface area contributed by atoms with Crippen molar-refractivity contribution in [1.82, 2.24) is 9.90 Å². The normalized spacial score (nSPS) is 21.5. The highest BCUT2D eigenvalue weighted by Crippen LogP contribution is 2.52. The largest absolute Gasteiger partial charge is 0.428 e. The Kier molecular flexibility index (Phi) is 9.51. The van der Waals surface area contributed by atoms with Crippen molar-refractivity contribution in [1.29, 1.82) is 0 Å². The van der Waals surface area contributed by atoms with Crippen molar-refractivity contribution in [2.45, 2.75) is 71.8 Å². The molecule has 4 rings (SSSR count). The first-order chi connectivity index (χ1) is 19.1. The summed E-state index contributed by atoms with van der Waals surface area (Å²) >= 11 is 0. The molecule has 0 saturated carbocycles. The lowest BCUT2D eigenvalue weighted by atomic mass is 9.77. The molecule has 0 spiro atoms. The second-order valence-electron chi connectivity index (χ2n) is 10.7. The number of nitrogens with zero attached hydrogens (tertiary/aromatic N) is 1. The summed E-state index contributed by atoms with van der Waals surface area (Å²) in [6, 6.07) is 18.3. The van der Waals surface area contributed by atoms with E-state index in [2.05, 4.69) is 32.7 Å². The molecule has 2 heterocycles. The highest BCUT2D eigenvalue weighted by molar-refractivity contribution is 7.32. The Morgan fingerprint density at radius 2 is 1.52 bits per heavy atom. The predicted molar refractivity (Wildman–Crippen MR) is 163 cm³/mol. The fourth-order valence-electron chi connectivity index (χ4n) is 6.26. The fraction of sp³-hybridized carbons (Fsp3) is 0.433. The molecule has 2 aromatic carbocycles. The quantitative estimate of drug-likeness (QED) is 0.147. The molecule has 210 valence electrons. The molecule has 5 atom stereocenters. The number of carbonyl (C=O) groups excluding carboxylic acids is 3. The molecule has 2 aliphatic rings. The summed E-state index contributed by atoms with van der Waals surface area (Å²) in [6.07, 6.45) is -0.229. The Morgan fingerprint density at radius 3 is 2.02 bits per heavy atom. The molecule has 40 heavy (non-hydrogen) atoms. The Hall–Kier alpha value is -2.58. The third-order valence-corrected chi connectivity index (χ3v) is 13.9. The van der Waals surface area contributed by atoms with E-state index in [1.54, 1.807) is 11.8 Å². The molecule has 1 N–H and O–H groups in total. The van der Waals surface area contributed by atoms with Crippen LogP contribution in [0.25, 0.3) is 16.7 Å². The number of carbonyl (C=O) groups is 3. The lowest BCUT2D eigenvalue weighted by molar-refractivity contribution is -0.161. The molecule has 2 aromatic rings. The minimum atomic E-state index is -1.92. The van der Waals surface area contributed by atoms with E-state index >= 15 is 0 Å². The van der Waals surface area contributed by atoms with Gasteiger partial charge >= 0.3 is 5.97 Å². The molecular formula is C30H38BN2O5PSi. The van der Waals surface area contributed by atoms with Gasteiger partial charge in [-0.1, -0.05) is 76.2 Å². The van der Waals surface area contributed by atoms with Crippen molar-refractivity contribution >= 4 is 48.5 Å². The lowest BCUT2D eigenvalue weighted by Crippen LogP contribution is -2.65. The van der Waals surface area contributed by atoms with Gasteiger partial charge in [0.2, 0.25) is 5.91 Å². The second-order valence-corrected chi connectivity index (χ2v) is 16.1. The summed E-state index contributed by atoms with van der Waals surface area (Å²) in [5.74, 6) is -1.04. The summed E-state index contributed by atoms with van der Waals surface area (Å²) in [5.41, 5.74) is 4.59. The molecule has 0 bridgehead atoms. The van der Waals surface area contributed by atoms with Gasteiger partial charge in [-0.15, -0.1) is 0 Å². The number of benzene rings is 2. The average Bonchev–Trinajstić information content (AvgIpc) is 3.23. The van der Waals surface area contributed by atoms with E-state index < -0.39 is 23.2 Å². The Bertz CT molecular complexity index is 1290. The van der Waals surface area contributed by atoms with Crippen LogP contribution in [0.1, 0.15) is 57.5 Å². The molecule has 2 radical (unpaired) electrons. The van der Waals surface area contributed by atoms with Crippen molar-refractivity contribution < 1.29 is 23.3 Å². The minimum absolute atomic E-state index is 0.0261. The summed E-state index contributed by atoms with van der Waals surface area (Å²) < 4.78 is 12.1. The van der Waals surface area contributed by atoms with E-state index in [0.29, 0.717) is 5.56 Å². The van der Waals surface area contributed by atoms with E-state index in [0.717, 1.165) is 40.4 Å². The van der Waals surface area contributed by atoms with Crippen molar-refractivity contribution in [3.05, 3.63) is 65.4 Å². The molecule has 1 fully saturated rings. The number of fused-ring (bicyclic) bond motifs is 1. The van der Waals surface area contributed by atoms with Crippen LogP contribution < -0.4 is 5.00 Å². The maximum absolute atomic E-state index is 13.6. The Labute approximate surface area is 241 Å². The average molecular weight is 577 g/mol. The van der Waals surface area contributed by atoms with Crippen molar-refractivity contribution in [3.63, 3.8) is 0 Å². The van der Waals surface area contributed by atoms with Gasteiger partial charge in [-0.3, -0.25) is 9.59 Å². The van der Waals surface area contributed by atoms with Gasteiger partial charge in [0, 0.05) is 11.5 Å². The van der Waals surface area contributed by atoms with Crippen LogP contribution in [-0.4, -0.2) is 51.0 Å². The topological polar surface area (TPSA) is 84.9 Å². The smallest absolute Gasteiger partial charge is 0.359 e. The molecule has 1 amide bonds. The van der Waals surface area contributed by atoms with E-state index in [4.69, 9.17) is 16.9 Å². The van der Waals surface area contributed by atoms with Crippen LogP contribution >= 0.6 is 8.96 Å². The number of Topliss-reactive ketones (excluding diaryl/α,β-unsaturated/α-hetero) is 1. The first-order valence-electron chi connectivity index (χ1n) is 14.0. The van der Waals surface area contributed by atoms with Gasteiger partial charge in [-0.2, -0.15) is 0 Å². The summed E-state index contributed by atoms with van der Waals surface area (Å²) in [6.45, 7) is 12.2. The highest BCUT2D eigenvalue weighted by Gasteiger charge is 2.61. The SMILES string of the molecule is [B]NPOC(=O)C1=C(c2ccc(-c3ccc(C(C)=O)cc3)cc2)[C@H](C)[C@@H]2[C@@H]([C@@H](C)O[Si](CC)(CC)CC)C(=O)N12. The number of rotatable bonds is 12. The standard InChI is InChI=1S/C30H38BN2O5PSi/c1-7-40(8-2,9-3)38-20(6)26-27-18(4)25(28(33(27)29(26)35)30(36)37-39-32-31)24-16-14-23(15-17-24)22-12-10-21(11-13-22)19(5)34/h10-18,20,26-27,32,39H,7-9H2,1-6H3/t18-,20+,26+,27+/m0/s1. The number of hydrogen-bond donors (Lipinski definition) is 1. The molecular weight excluding hydrogens is 538 g/mol. The zero-order valence-corrected chi connectivity index (χ0v) is 26.1. The van der Waals surface area contributed by atoms with E-state index in [1.807, 2.05) is 55.5 Å². The monoisotopic (exact) mass is 576 g/mol. The number of β-lactam (4-membered cyclic amide) rings is 1.